The Balaban J connectivity index is 1.47. The normalized spacial score (nSPS) is 12.6. The Bertz CT molecular complexity index is 1290. The average molecular weight is 388 g/mol. The molecule has 0 amide bonds. The van der Waals surface area contributed by atoms with Gasteiger partial charge >= 0.3 is 0 Å². The second-order valence-corrected chi connectivity index (χ2v) is 7.86. The van der Waals surface area contributed by atoms with Crippen LogP contribution >= 0.6 is 11.8 Å². The lowest BCUT2D eigenvalue weighted by Gasteiger charge is -2.05. The van der Waals surface area contributed by atoms with Gasteiger partial charge in [0, 0.05) is 10.9 Å². The summed E-state index contributed by atoms with van der Waals surface area (Å²) in [5, 5.41) is 10.1. The van der Waals surface area contributed by atoms with Crippen molar-refractivity contribution >= 4 is 33.8 Å². The lowest BCUT2D eigenvalue weighted by molar-refractivity contribution is 0.509. The molecular formula is C21H16N4O2S. The first-order valence-corrected chi connectivity index (χ1v) is 9.76. The maximum atomic E-state index is 6.00. The summed E-state index contributed by atoms with van der Waals surface area (Å²) in [7, 11) is 0. The zero-order valence-electron chi connectivity index (χ0n) is 15.3. The number of thioether (sulfide) groups is 1. The number of benzene rings is 2. The number of aromatic nitrogens is 4. The van der Waals surface area contributed by atoms with Crippen molar-refractivity contribution in [1.29, 1.82) is 0 Å². The molecule has 0 fully saturated rings. The average Bonchev–Trinajstić information content (AvgIpc) is 3.34. The molecule has 2 aromatic carbocycles. The molecule has 0 aliphatic carbocycles. The van der Waals surface area contributed by atoms with Crippen LogP contribution in [-0.2, 0) is 0 Å². The van der Waals surface area contributed by atoms with E-state index in [-0.39, 0.29) is 5.25 Å². The Morgan fingerprint density at radius 2 is 1.86 bits per heavy atom. The van der Waals surface area contributed by atoms with Gasteiger partial charge in [0.15, 0.2) is 5.58 Å². The summed E-state index contributed by atoms with van der Waals surface area (Å²) in [6.45, 7) is 4.04. The molecule has 0 N–H and O–H groups in total. The molecule has 0 saturated carbocycles. The van der Waals surface area contributed by atoms with Crippen LogP contribution in [0, 0.1) is 6.92 Å². The third-order valence-corrected chi connectivity index (χ3v) is 5.54. The fourth-order valence-corrected chi connectivity index (χ4v) is 3.98. The number of para-hydroxylation sites is 1. The van der Waals surface area contributed by atoms with E-state index in [9.17, 15) is 0 Å². The summed E-state index contributed by atoms with van der Waals surface area (Å²) in [4.78, 5) is 8.80. The third-order valence-electron chi connectivity index (χ3n) is 4.47. The van der Waals surface area contributed by atoms with Gasteiger partial charge in [0.25, 0.3) is 0 Å². The van der Waals surface area contributed by atoms with Crippen LogP contribution in [0.25, 0.3) is 33.5 Å². The molecule has 3 heterocycles. The lowest BCUT2D eigenvalue weighted by Crippen LogP contribution is -1.91. The minimum absolute atomic E-state index is 0.0858. The zero-order valence-corrected chi connectivity index (χ0v) is 16.1. The maximum absolute atomic E-state index is 6.00. The van der Waals surface area contributed by atoms with Crippen LogP contribution in [0.5, 0.6) is 0 Å². The van der Waals surface area contributed by atoms with Gasteiger partial charge in [0.2, 0.25) is 11.8 Å². The molecule has 7 heteroatoms. The van der Waals surface area contributed by atoms with Crippen molar-refractivity contribution in [3.8, 4) is 11.5 Å². The monoisotopic (exact) mass is 388 g/mol. The van der Waals surface area contributed by atoms with Crippen molar-refractivity contribution in [2.75, 3.05) is 0 Å². The van der Waals surface area contributed by atoms with Gasteiger partial charge < -0.3 is 8.83 Å². The highest BCUT2D eigenvalue weighted by Gasteiger charge is 2.20. The highest BCUT2D eigenvalue weighted by atomic mass is 32.2. The molecule has 0 saturated heterocycles. The summed E-state index contributed by atoms with van der Waals surface area (Å²) < 4.78 is 11.9. The van der Waals surface area contributed by atoms with E-state index in [2.05, 4.69) is 20.2 Å². The molecule has 3 aromatic heterocycles. The van der Waals surface area contributed by atoms with Gasteiger partial charge in [0.05, 0.1) is 5.25 Å². The molecule has 0 aliphatic rings. The first kappa shape index (κ1) is 16.9. The van der Waals surface area contributed by atoms with Crippen LogP contribution < -0.4 is 0 Å². The van der Waals surface area contributed by atoms with Gasteiger partial charge in [-0.1, -0.05) is 41.6 Å². The molecule has 0 spiro atoms. The number of fused-ring (bicyclic) bond motifs is 3. The molecule has 28 heavy (non-hydrogen) atoms. The summed E-state index contributed by atoms with van der Waals surface area (Å²) in [6.07, 6.45) is 1.56. The van der Waals surface area contributed by atoms with Gasteiger partial charge in [-0.25, -0.2) is 9.97 Å². The highest BCUT2D eigenvalue weighted by molar-refractivity contribution is 7.99. The van der Waals surface area contributed by atoms with Crippen LogP contribution in [0.1, 0.15) is 23.6 Å². The predicted molar refractivity (Wildman–Crippen MR) is 108 cm³/mol. The van der Waals surface area contributed by atoms with Gasteiger partial charge in [-0.05, 0) is 38.1 Å². The number of aryl methyl sites for hydroxylation is 1. The summed E-state index contributed by atoms with van der Waals surface area (Å²) in [5.74, 6) is 1.06. The van der Waals surface area contributed by atoms with Crippen molar-refractivity contribution in [3.63, 3.8) is 0 Å². The van der Waals surface area contributed by atoms with Gasteiger partial charge in [-0.3, -0.25) is 0 Å². The van der Waals surface area contributed by atoms with Crippen molar-refractivity contribution in [3.05, 3.63) is 66.3 Å². The van der Waals surface area contributed by atoms with Crippen LogP contribution in [0.4, 0.5) is 0 Å². The van der Waals surface area contributed by atoms with E-state index in [0.29, 0.717) is 17.4 Å². The molecule has 0 aliphatic heterocycles. The SMILES string of the molecule is Cc1cccc(-c2nnc([C@H](C)Sc3ncnc4c3oc3ccccc34)o2)c1. The van der Waals surface area contributed by atoms with Crippen molar-refractivity contribution < 1.29 is 8.83 Å². The maximum Gasteiger partial charge on any atom is 0.247 e. The molecule has 0 radical (unpaired) electrons. The van der Waals surface area contributed by atoms with E-state index in [1.807, 2.05) is 62.4 Å². The second kappa shape index (κ2) is 6.76. The first-order valence-electron chi connectivity index (χ1n) is 8.88. The molecule has 0 unspecified atom stereocenters. The van der Waals surface area contributed by atoms with E-state index >= 15 is 0 Å². The Labute approximate surface area is 165 Å². The molecule has 138 valence electrons. The highest BCUT2D eigenvalue weighted by Crippen LogP contribution is 2.39. The van der Waals surface area contributed by atoms with Gasteiger partial charge in [-0.15, -0.1) is 10.2 Å². The quantitative estimate of drug-likeness (QED) is 0.293. The summed E-state index contributed by atoms with van der Waals surface area (Å²) in [6, 6.07) is 15.8. The van der Waals surface area contributed by atoms with Crippen LogP contribution in [-0.4, -0.2) is 20.2 Å². The number of hydrogen-bond donors (Lipinski definition) is 0. The largest absolute Gasteiger partial charge is 0.451 e. The van der Waals surface area contributed by atoms with Crippen LogP contribution in [0.3, 0.4) is 0 Å². The summed E-state index contributed by atoms with van der Waals surface area (Å²) in [5.41, 5.74) is 4.35. The topological polar surface area (TPSA) is 77.8 Å². The minimum atomic E-state index is -0.0858. The molecule has 5 aromatic rings. The Hall–Kier alpha value is -3.19. The Morgan fingerprint density at radius 1 is 0.964 bits per heavy atom. The van der Waals surface area contributed by atoms with Gasteiger partial charge in [0.1, 0.15) is 22.5 Å². The minimum Gasteiger partial charge on any atom is -0.451 e. The van der Waals surface area contributed by atoms with Crippen LogP contribution in [0.15, 0.2) is 68.7 Å². The van der Waals surface area contributed by atoms with Crippen LogP contribution in [0.2, 0.25) is 0 Å². The number of furan rings is 1. The lowest BCUT2D eigenvalue weighted by atomic mass is 10.1. The first-order chi connectivity index (χ1) is 13.7. The molecule has 5 rings (SSSR count). The van der Waals surface area contributed by atoms with E-state index in [1.54, 1.807) is 6.33 Å². The zero-order chi connectivity index (χ0) is 19.1. The van der Waals surface area contributed by atoms with E-state index < -0.39 is 0 Å². The molecule has 6 nitrogen and oxygen atoms in total. The standard InChI is InChI=1S/C21H16N4O2S/c1-12-6-5-7-14(10-12)20-25-24-19(27-20)13(2)28-21-18-17(22-11-23-21)15-8-3-4-9-16(15)26-18/h3-11,13H,1-2H3/t13-/m0/s1. The van der Waals surface area contributed by atoms with E-state index in [4.69, 9.17) is 8.83 Å². The molecule has 1 atom stereocenters. The molecular weight excluding hydrogens is 372 g/mol. The predicted octanol–water partition coefficient (Wildman–Crippen LogP) is 5.59. The van der Waals surface area contributed by atoms with E-state index in [1.165, 1.54) is 11.8 Å². The fraction of sp³-hybridized carbons (Fsp3) is 0.143. The Kier molecular flexibility index (Phi) is 4.09. The summed E-state index contributed by atoms with van der Waals surface area (Å²) >= 11 is 1.51. The smallest absolute Gasteiger partial charge is 0.247 e. The molecule has 0 bridgehead atoms. The Morgan fingerprint density at radius 3 is 2.75 bits per heavy atom. The van der Waals surface area contributed by atoms with E-state index in [0.717, 1.165) is 32.6 Å². The number of nitrogens with zero attached hydrogens (tertiary/aromatic N) is 4. The van der Waals surface area contributed by atoms with Crippen molar-refractivity contribution in [1.82, 2.24) is 20.2 Å². The number of hydrogen-bond acceptors (Lipinski definition) is 7. The fourth-order valence-electron chi connectivity index (χ4n) is 3.10. The van der Waals surface area contributed by atoms with Gasteiger partial charge in [-0.2, -0.15) is 0 Å². The third kappa shape index (κ3) is 2.93. The van der Waals surface area contributed by atoms with Crippen molar-refractivity contribution in [2.24, 2.45) is 0 Å². The second-order valence-electron chi connectivity index (χ2n) is 6.53. The number of rotatable bonds is 4. The van der Waals surface area contributed by atoms with Crippen molar-refractivity contribution in [2.45, 2.75) is 24.1 Å².